The summed E-state index contributed by atoms with van der Waals surface area (Å²) in [6, 6.07) is 10.8. The number of halogens is 2. The Bertz CT molecular complexity index is 1250. The van der Waals surface area contributed by atoms with Crippen LogP contribution in [0, 0.1) is 11.6 Å². The lowest BCUT2D eigenvalue weighted by molar-refractivity contribution is 0.0745. The summed E-state index contributed by atoms with van der Waals surface area (Å²) in [7, 11) is 1.24. The zero-order valence-electron chi connectivity index (χ0n) is 17.7. The number of carbonyl (C=O) groups excluding carboxylic acids is 1. The third kappa shape index (κ3) is 3.39. The summed E-state index contributed by atoms with van der Waals surface area (Å²) in [5.74, 6) is -3.00. The summed E-state index contributed by atoms with van der Waals surface area (Å²) in [5, 5.41) is -0.0404. The van der Waals surface area contributed by atoms with Gasteiger partial charge in [0, 0.05) is 44.1 Å². The number of hydrogen-bond donors (Lipinski definition) is 0. The fourth-order valence-corrected chi connectivity index (χ4v) is 4.39. The van der Waals surface area contributed by atoms with Crippen LogP contribution in [0.5, 0.6) is 5.75 Å². The lowest BCUT2D eigenvalue weighted by Crippen LogP contribution is -2.49. The topological polar surface area (TPSA) is 54.8 Å². The lowest BCUT2D eigenvalue weighted by atomic mass is 10.1. The minimum atomic E-state index is -1.17. The first kappa shape index (κ1) is 20.5. The van der Waals surface area contributed by atoms with Crippen molar-refractivity contribution < 1.29 is 18.3 Å². The monoisotopic (exact) mass is 439 g/mol. The minimum Gasteiger partial charge on any atom is -0.491 e. The van der Waals surface area contributed by atoms with Crippen molar-refractivity contribution in [3.05, 3.63) is 70.0 Å². The molecule has 3 aromatic rings. The van der Waals surface area contributed by atoms with E-state index < -0.39 is 17.1 Å². The molecule has 166 valence electrons. The molecule has 0 bridgehead atoms. The molecule has 0 atom stereocenters. The van der Waals surface area contributed by atoms with Crippen molar-refractivity contribution in [3.63, 3.8) is 0 Å². The zero-order valence-corrected chi connectivity index (χ0v) is 17.7. The van der Waals surface area contributed by atoms with E-state index in [0.717, 1.165) is 24.6 Å². The van der Waals surface area contributed by atoms with Crippen LogP contribution in [-0.2, 0) is 0 Å². The first-order valence-corrected chi connectivity index (χ1v) is 10.7. The Balaban J connectivity index is 1.51. The highest BCUT2D eigenvalue weighted by Gasteiger charge is 2.32. The fourth-order valence-electron chi connectivity index (χ4n) is 4.39. The molecule has 1 saturated heterocycles. The average molecular weight is 439 g/mol. The summed E-state index contributed by atoms with van der Waals surface area (Å²) in [4.78, 5) is 30.4. The molecule has 32 heavy (non-hydrogen) atoms. The van der Waals surface area contributed by atoms with Gasteiger partial charge in [0.2, 0.25) is 11.2 Å². The van der Waals surface area contributed by atoms with E-state index in [9.17, 15) is 18.4 Å². The van der Waals surface area contributed by atoms with Gasteiger partial charge in [-0.1, -0.05) is 18.2 Å². The number of para-hydroxylation sites is 1. The van der Waals surface area contributed by atoms with Gasteiger partial charge in [-0.3, -0.25) is 9.59 Å². The molecule has 1 aliphatic heterocycles. The highest BCUT2D eigenvalue weighted by atomic mass is 19.2. The van der Waals surface area contributed by atoms with Gasteiger partial charge in [-0.05, 0) is 31.0 Å². The first-order chi connectivity index (χ1) is 15.5. The van der Waals surface area contributed by atoms with Crippen LogP contribution in [0.15, 0.2) is 47.4 Å². The molecule has 8 heteroatoms. The average Bonchev–Trinajstić information content (AvgIpc) is 3.66. The van der Waals surface area contributed by atoms with Gasteiger partial charge < -0.3 is 19.1 Å². The molecule has 0 unspecified atom stereocenters. The molecule has 1 saturated carbocycles. The molecule has 1 aliphatic carbocycles. The molecule has 1 amide bonds. The molecule has 0 N–H and O–H groups in total. The fraction of sp³-hybridized carbons (Fsp3) is 0.333. The molecule has 2 aromatic carbocycles. The lowest BCUT2D eigenvalue weighted by Gasteiger charge is -2.36. The van der Waals surface area contributed by atoms with Crippen molar-refractivity contribution in [2.75, 3.05) is 38.2 Å². The summed E-state index contributed by atoms with van der Waals surface area (Å²) in [6.45, 7) is 2.23. The van der Waals surface area contributed by atoms with Crippen molar-refractivity contribution in [3.8, 4) is 5.75 Å². The van der Waals surface area contributed by atoms with Crippen LogP contribution in [0.3, 0.4) is 0 Å². The van der Waals surface area contributed by atoms with E-state index >= 15 is 0 Å². The maximum absolute atomic E-state index is 14.4. The first-order valence-electron chi connectivity index (χ1n) is 10.7. The normalized spacial score (nSPS) is 16.5. The van der Waals surface area contributed by atoms with Gasteiger partial charge in [0.15, 0.2) is 11.6 Å². The highest BCUT2D eigenvalue weighted by Crippen LogP contribution is 2.40. The number of pyridine rings is 1. The van der Waals surface area contributed by atoms with Crippen LogP contribution in [0.4, 0.5) is 14.5 Å². The van der Waals surface area contributed by atoms with Crippen LogP contribution >= 0.6 is 0 Å². The van der Waals surface area contributed by atoms with Crippen LogP contribution in [0.1, 0.15) is 29.2 Å². The minimum absolute atomic E-state index is 0.0226. The number of piperazine rings is 1. The third-order valence-electron chi connectivity index (χ3n) is 6.23. The van der Waals surface area contributed by atoms with Crippen LogP contribution < -0.4 is 15.1 Å². The molecule has 5 rings (SSSR count). The van der Waals surface area contributed by atoms with E-state index in [1.54, 1.807) is 9.47 Å². The van der Waals surface area contributed by atoms with Gasteiger partial charge >= 0.3 is 0 Å². The predicted molar refractivity (Wildman–Crippen MR) is 118 cm³/mol. The summed E-state index contributed by atoms with van der Waals surface area (Å²) in [6.07, 6.45) is 3.17. The van der Waals surface area contributed by atoms with E-state index in [-0.39, 0.29) is 34.2 Å². The zero-order chi connectivity index (χ0) is 22.4. The number of nitrogens with zero attached hydrogens (tertiary/aromatic N) is 3. The van der Waals surface area contributed by atoms with Gasteiger partial charge in [0.25, 0.3) is 5.91 Å². The summed E-state index contributed by atoms with van der Waals surface area (Å²) >= 11 is 0. The van der Waals surface area contributed by atoms with E-state index in [1.165, 1.54) is 13.3 Å². The number of amides is 1. The van der Waals surface area contributed by atoms with Gasteiger partial charge in [-0.15, -0.1) is 0 Å². The molecule has 2 heterocycles. The smallest absolute Gasteiger partial charge is 0.259 e. The maximum Gasteiger partial charge on any atom is 0.259 e. The van der Waals surface area contributed by atoms with E-state index in [2.05, 4.69) is 4.90 Å². The number of carbonyl (C=O) groups is 1. The number of fused-ring (bicyclic) bond motifs is 1. The van der Waals surface area contributed by atoms with Crippen molar-refractivity contribution in [1.82, 2.24) is 9.47 Å². The summed E-state index contributed by atoms with van der Waals surface area (Å²) in [5.41, 5.74) is 0.658. The Morgan fingerprint density at radius 1 is 1.06 bits per heavy atom. The molecule has 2 aliphatic rings. The second kappa shape index (κ2) is 7.93. The molecule has 6 nitrogen and oxygen atoms in total. The van der Waals surface area contributed by atoms with Gasteiger partial charge in [0.1, 0.15) is 5.56 Å². The number of methoxy groups -OCH3 is 1. The maximum atomic E-state index is 14.4. The van der Waals surface area contributed by atoms with E-state index in [4.69, 9.17) is 4.74 Å². The molecule has 1 aromatic heterocycles. The van der Waals surface area contributed by atoms with E-state index in [1.807, 2.05) is 30.3 Å². The highest BCUT2D eigenvalue weighted by molar-refractivity contribution is 5.98. The van der Waals surface area contributed by atoms with Gasteiger partial charge in [-0.25, -0.2) is 4.39 Å². The Kier molecular flexibility index (Phi) is 5.07. The number of aromatic nitrogens is 1. The van der Waals surface area contributed by atoms with E-state index in [0.29, 0.717) is 26.2 Å². The third-order valence-corrected chi connectivity index (χ3v) is 6.23. The molecule has 0 radical (unpaired) electrons. The van der Waals surface area contributed by atoms with Crippen LogP contribution in [0.2, 0.25) is 0 Å². The van der Waals surface area contributed by atoms with Crippen molar-refractivity contribution in [2.45, 2.75) is 18.9 Å². The Morgan fingerprint density at radius 2 is 1.75 bits per heavy atom. The second-order valence-corrected chi connectivity index (χ2v) is 8.23. The second-order valence-electron chi connectivity index (χ2n) is 8.23. The number of hydrogen-bond acceptors (Lipinski definition) is 4. The quantitative estimate of drug-likeness (QED) is 0.624. The van der Waals surface area contributed by atoms with Crippen LogP contribution in [-0.4, -0.2) is 48.7 Å². The summed E-state index contributed by atoms with van der Waals surface area (Å²) < 4.78 is 35.4. The standard InChI is InChI=1S/C24H23F2N3O3/c1-32-23-20(26)19(25)13-17-21(23)29(16-7-8-16)14-18(22(17)30)24(31)28-11-9-27(10-12-28)15-5-3-2-4-6-15/h2-6,13-14,16H,7-12H2,1H3. The molecular formula is C24H23F2N3O3. The Morgan fingerprint density at radius 3 is 2.38 bits per heavy atom. The largest absolute Gasteiger partial charge is 0.491 e. The molecule has 2 fully saturated rings. The number of anilines is 1. The SMILES string of the molecule is COc1c(F)c(F)cc2c(=O)c(C(=O)N3CCN(c4ccccc4)CC3)cn(C3CC3)c12. The number of benzene rings is 2. The van der Waals surface area contributed by atoms with Gasteiger partial charge in [0.05, 0.1) is 18.0 Å². The van der Waals surface area contributed by atoms with Crippen LogP contribution in [0.25, 0.3) is 10.9 Å². The molecular weight excluding hydrogens is 416 g/mol. The Labute approximate surface area is 183 Å². The molecule has 0 spiro atoms. The van der Waals surface area contributed by atoms with Crippen molar-refractivity contribution >= 4 is 22.5 Å². The van der Waals surface area contributed by atoms with Crippen molar-refractivity contribution in [1.29, 1.82) is 0 Å². The number of rotatable bonds is 4. The van der Waals surface area contributed by atoms with Gasteiger partial charge in [-0.2, -0.15) is 4.39 Å². The predicted octanol–water partition coefficient (Wildman–Crippen LogP) is 3.59. The Hall–Kier alpha value is -3.42. The number of ether oxygens (including phenoxy) is 1. The van der Waals surface area contributed by atoms with Crippen molar-refractivity contribution in [2.24, 2.45) is 0 Å².